The number of thiazole rings is 1. The summed E-state index contributed by atoms with van der Waals surface area (Å²) in [4.78, 5) is 5.83. The summed E-state index contributed by atoms with van der Waals surface area (Å²) in [5.41, 5.74) is 7.77. The summed E-state index contributed by atoms with van der Waals surface area (Å²) >= 11 is 7.71. The van der Waals surface area contributed by atoms with E-state index in [4.69, 9.17) is 17.3 Å². The molecule has 2 bridgehead atoms. The molecule has 0 spiro atoms. The molecule has 0 aliphatic heterocycles. The Bertz CT molecular complexity index is 597. The Morgan fingerprint density at radius 1 is 1.17 bits per heavy atom. The van der Waals surface area contributed by atoms with Crippen molar-refractivity contribution in [1.29, 1.82) is 0 Å². The molecule has 1 aromatic carbocycles. The van der Waals surface area contributed by atoms with Gasteiger partial charge < -0.3 is 5.73 Å². The fourth-order valence-electron chi connectivity index (χ4n) is 3.36. The van der Waals surface area contributed by atoms with Crippen LogP contribution in [0.25, 0.3) is 10.4 Å². The molecule has 0 saturated heterocycles. The van der Waals surface area contributed by atoms with E-state index in [1.165, 1.54) is 15.4 Å². The van der Waals surface area contributed by atoms with Crippen LogP contribution >= 0.6 is 22.9 Å². The van der Waals surface area contributed by atoms with Gasteiger partial charge in [-0.05, 0) is 37.0 Å². The third-order valence-corrected chi connectivity index (χ3v) is 5.70. The van der Waals surface area contributed by atoms with Gasteiger partial charge in [-0.1, -0.05) is 23.7 Å². The van der Waals surface area contributed by atoms with Gasteiger partial charge in [0.1, 0.15) is 0 Å². The van der Waals surface area contributed by atoms with E-state index in [1.54, 1.807) is 11.3 Å². The van der Waals surface area contributed by atoms with Crippen LogP contribution in [0.3, 0.4) is 0 Å². The summed E-state index contributed by atoms with van der Waals surface area (Å²) in [5, 5.41) is 2.03. The number of nitrogens with zero attached hydrogens (tertiary/aromatic N) is 1. The van der Waals surface area contributed by atoms with Crippen LogP contribution in [0.4, 0.5) is 0 Å². The second-order valence-corrected chi connectivity index (χ2v) is 7.18. The number of aromatic nitrogens is 1. The van der Waals surface area contributed by atoms with Crippen LogP contribution in [0, 0.1) is 0 Å². The van der Waals surface area contributed by atoms with E-state index >= 15 is 0 Å². The number of nitrogens with two attached hydrogens (primary N) is 1. The molecule has 3 aliphatic carbocycles. The van der Waals surface area contributed by atoms with E-state index in [9.17, 15) is 0 Å². The Morgan fingerprint density at radius 2 is 1.83 bits per heavy atom. The molecule has 2 N–H and O–H groups in total. The molecule has 4 heteroatoms. The van der Waals surface area contributed by atoms with Crippen LogP contribution in [0.2, 0.25) is 5.02 Å². The number of hydrogen-bond acceptors (Lipinski definition) is 3. The molecule has 1 aromatic heterocycles. The van der Waals surface area contributed by atoms with Crippen molar-refractivity contribution in [1.82, 2.24) is 4.98 Å². The van der Waals surface area contributed by atoms with Crippen molar-refractivity contribution >= 4 is 22.9 Å². The minimum Gasteiger partial charge on any atom is -0.325 e. The molecule has 2 nitrogen and oxygen atoms in total. The Labute approximate surface area is 115 Å². The van der Waals surface area contributed by atoms with Gasteiger partial charge in [0.25, 0.3) is 0 Å². The summed E-state index contributed by atoms with van der Waals surface area (Å²) < 4.78 is 0. The number of halogens is 1. The second kappa shape index (κ2) is 3.35. The first-order valence-electron chi connectivity index (χ1n) is 6.10. The molecule has 2 aromatic rings. The van der Waals surface area contributed by atoms with Crippen molar-refractivity contribution in [3.8, 4) is 10.4 Å². The molecule has 18 heavy (non-hydrogen) atoms. The van der Waals surface area contributed by atoms with E-state index in [0.29, 0.717) is 5.41 Å². The maximum absolute atomic E-state index is 6.11. The molecule has 3 saturated carbocycles. The average Bonchev–Trinajstić information content (AvgIpc) is 2.74. The first-order valence-corrected chi connectivity index (χ1v) is 7.29. The molecule has 0 amide bonds. The molecule has 0 atom stereocenters. The summed E-state index contributed by atoms with van der Waals surface area (Å²) in [5.74, 6) is 0. The van der Waals surface area contributed by atoms with Crippen molar-refractivity contribution in [2.75, 3.05) is 0 Å². The topological polar surface area (TPSA) is 38.9 Å². The molecular weight excluding hydrogens is 264 g/mol. The molecule has 3 aliphatic rings. The van der Waals surface area contributed by atoms with Crippen LogP contribution in [0.1, 0.15) is 24.3 Å². The summed E-state index contributed by atoms with van der Waals surface area (Å²) in [6, 6.07) is 7.94. The molecule has 0 radical (unpaired) electrons. The highest BCUT2D eigenvalue weighted by molar-refractivity contribution is 7.15. The largest absolute Gasteiger partial charge is 0.325 e. The van der Waals surface area contributed by atoms with Gasteiger partial charge in [-0.2, -0.15) is 0 Å². The zero-order chi connectivity index (χ0) is 12.4. The maximum atomic E-state index is 6.11. The van der Waals surface area contributed by atoms with Gasteiger partial charge in [-0.15, -0.1) is 11.3 Å². The first kappa shape index (κ1) is 11.0. The smallest absolute Gasteiger partial charge is 0.0995 e. The lowest BCUT2D eigenvalue weighted by Gasteiger charge is -2.68. The molecule has 1 heterocycles. The second-order valence-electron chi connectivity index (χ2n) is 5.71. The van der Waals surface area contributed by atoms with Crippen molar-refractivity contribution in [2.45, 2.75) is 30.2 Å². The van der Waals surface area contributed by atoms with Gasteiger partial charge in [0.05, 0.1) is 9.88 Å². The zero-order valence-corrected chi connectivity index (χ0v) is 11.4. The van der Waals surface area contributed by atoms with Crippen LogP contribution in [0.5, 0.6) is 0 Å². The lowest BCUT2D eigenvalue weighted by atomic mass is 9.40. The van der Waals surface area contributed by atoms with Gasteiger partial charge in [0.2, 0.25) is 0 Å². The van der Waals surface area contributed by atoms with Crippen LogP contribution in [-0.4, -0.2) is 10.5 Å². The normalized spacial score (nSPS) is 32.8. The van der Waals surface area contributed by atoms with Crippen molar-refractivity contribution in [3.05, 3.63) is 40.5 Å². The maximum Gasteiger partial charge on any atom is 0.0995 e. The third kappa shape index (κ3) is 1.41. The van der Waals surface area contributed by atoms with Crippen LogP contribution in [0.15, 0.2) is 30.5 Å². The van der Waals surface area contributed by atoms with E-state index in [-0.39, 0.29) is 5.54 Å². The predicted molar refractivity (Wildman–Crippen MR) is 75.0 cm³/mol. The summed E-state index contributed by atoms with van der Waals surface area (Å²) in [6.07, 6.45) is 5.33. The minimum absolute atomic E-state index is 0.145. The predicted octanol–water partition coefficient (Wildman–Crippen LogP) is 3.60. The van der Waals surface area contributed by atoms with Gasteiger partial charge in [-0.25, -0.2) is 4.98 Å². The van der Waals surface area contributed by atoms with E-state index in [1.807, 2.05) is 30.5 Å². The number of rotatable bonds is 2. The molecule has 0 unspecified atom stereocenters. The quantitative estimate of drug-likeness (QED) is 0.910. The molecule has 3 fully saturated rings. The van der Waals surface area contributed by atoms with E-state index in [2.05, 4.69) is 4.98 Å². The van der Waals surface area contributed by atoms with Gasteiger partial charge in [-0.3, -0.25) is 0 Å². The lowest BCUT2D eigenvalue weighted by molar-refractivity contribution is -0.0590. The molecule has 5 rings (SSSR count). The van der Waals surface area contributed by atoms with Gasteiger partial charge in [0.15, 0.2) is 0 Å². The van der Waals surface area contributed by atoms with E-state index in [0.717, 1.165) is 24.3 Å². The van der Waals surface area contributed by atoms with Crippen molar-refractivity contribution < 1.29 is 0 Å². The Hall–Kier alpha value is -0.900. The fraction of sp³-hybridized carbons (Fsp3) is 0.357. The standard InChI is InChI=1S/C14H13ClN2S/c15-10-3-1-9(2-4-10)11-5-17-12(18-11)13-6-14(16,7-13)8-13/h1-5H,6-8,16H2. The highest BCUT2D eigenvalue weighted by Crippen LogP contribution is 2.67. The van der Waals surface area contributed by atoms with Crippen molar-refractivity contribution in [2.24, 2.45) is 5.73 Å². The monoisotopic (exact) mass is 276 g/mol. The van der Waals surface area contributed by atoms with Crippen molar-refractivity contribution in [3.63, 3.8) is 0 Å². The Morgan fingerprint density at radius 3 is 2.44 bits per heavy atom. The molecular formula is C14H13ClN2S. The fourth-order valence-corrected chi connectivity index (χ4v) is 4.59. The average molecular weight is 277 g/mol. The first-order chi connectivity index (χ1) is 8.59. The van der Waals surface area contributed by atoms with Gasteiger partial charge in [0, 0.05) is 22.2 Å². The molecule has 92 valence electrons. The Balaban J connectivity index is 1.65. The highest BCUT2D eigenvalue weighted by Gasteiger charge is 2.67. The summed E-state index contributed by atoms with van der Waals surface area (Å²) in [6.45, 7) is 0. The van der Waals surface area contributed by atoms with Crippen LogP contribution in [-0.2, 0) is 5.41 Å². The SMILES string of the molecule is NC12CC(c3ncc(-c4ccc(Cl)cc4)s3)(C1)C2. The lowest BCUT2D eigenvalue weighted by Crippen LogP contribution is -2.74. The minimum atomic E-state index is 0.145. The zero-order valence-electron chi connectivity index (χ0n) is 9.82. The number of hydrogen-bond donors (Lipinski definition) is 1. The van der Waals surface area contributed by atoms with Gasteiger partial charge >= 0.3 is 0 Å². The highest BCUT2D eigenvalue weighted by atomic mass is 35.5. The van der Waals surface area contributed by atoms with E-state index < -0.39 is 0 Å². The Kier molecular flexibility index (Phi) is 2.04. The summed E-state index contributed by atoms with van der Waals surface area (Å²) in [7, 11) is 0. The number of benzene rings is 1. The van der Waals surface area contributed by atoms with Crippen LogP contribution < -0.4 is 5.73 Å². The third-order valence-electron chi connectivity index (χ3n) is 4.16.